The molecule has 0 spiro atoms. The molecule has 15 heavy (non-hydrogen) atoms. The smallest absolute Gasteiger partial charge is 0.0483 e. The molecule has 1 aromatic carbocycles. The van der Waals surface area contributed by atoms with Gasteiger partial charge < -0.3 is 9.88 Å². The van der Waals surface area contributed by atoms with Gasteiger partial charge in [0, 0.05) is 24.3 Å². The van der Waals surface area contributed by atoms with Crippen molar-refractivity contribution in [3.05, 3.63) is 35.5 Å². The van der Waals surface area contributed by atoms with Gasteiger partial charge in [0.15, 0.2) is 0 Å². The summed E-state index contributed by atoms with van der Waals surface area (Å²) in [6.07, 6.45) is 0. The minimum atomic E-state index is 0.407. The number of aromatic nitrogens is 1. The van der Waals surface area contributed by atoms with Crippen molar-refractivity contribution in [1.29, 1.82) is 0 Å². The van der Waals surface area contributed by atoms with E-state index in [0.717, 1.165) is 0 Å². The molecule has 1 heterocycles. The molecule has 0 radical (unpaired) electrons. The Morgan fingerprint density at radius 2 is 2.00 bits per heavy atom. The van der Waals surface area contributed by atoms with E-state index in [9.17, 15) is 0 Å². The van der Waals surface area contributed by atoms with E-state index in [-0.39, 0.29) is 0 Å². The summed E-state index contributed by atoms with van der Waals surface area (Å²) in [5.41, 5.74) is 3.96. The molecule has 2 nitrogen and oxygen atoms in total. The van der Waals surface area contributed by atoms with Crippen LogP contribution in [-0.2, 0) is 7.05 Å². The van der Waals surface area contributed by atoms with Crippen LogP contribution in [0.2, 0.25) is 0 Å². The monoisotopic (exact) mass is 202 g/mol. The van der Waals surface area contributed by atoms with Gasteiger partial charge in [-0.1, -0.05) is 12.1 Å². The third-order valence-electron chi connectivity index (χ3n) is 3.24. The fraction of sp³-hybridized carbons (Fsp3) is 0.385. The zero-order valence-electron chi connectivity index (χ0n) is 9.83. The molecule has 1 aromatic heterocycles. The van der Waals surface area contributed by atoms with Crippen LogP contribution in [0.1, 0.15) is 24.2 Å². The summed E-state index contributed by atoms with van der Waals surface area (Å²) in [6.45, 7) is 4.32. The van der Waals surface area contributed by atoms with Crippen molar-refractivity contribution >= 4 is 10.9 Å². The number of nitrogens with zero attached hydrogens (tertiary/aromatic N) is 1. The van der Waals surface area contributed by atoms with Crippen LogP contribution in [0.15, 0.2) is 24.3 Å². The summed E-state index contributed by atoms with van der Waals surface area (Å²) in [5, 5.41) is 4.58. The molecule has 80 valence electrons. The molecule has 1 atom stereocenters. The molecule has 0 bridgehead atoms. The third kappa shape index (κ3) is 1.65. The Morgan fingerprint density at radius 1 is 1.27 bits per heavy atom. The molecule has 0 aliphatic rings. The second-order valence-electron chi connectivity index (χ2n) is 4.17. The normalized spacial score (nSPS) is 13.3. The predicted octanol–water partition coefficient (Wildman–Crippen LogP) is 2.77. The first-order valence-corrected chi connectivity index (χ1v) is 5.36. The van der Waals surface area contributed by atoms with Gasteiger partial charge in [0.2, 0.25) is 0 Å². The molecule has 0 amide bonds. The lowest BCUT2D eigenvalue weighted by Crippen LogP contribution is -2.12. The number of rotatable bonds is 2. The lowest BCUT2D eigenvalue weighted by Gasteiger charge is -2.11. The van der Waals surface area contributed by atoms with Crippen LogP contribution < -0.4 is 5.32 Å². The van der Waals surface area contributed by atoms with Crippen LogP contribution in [0.25, 0.3) is 10.9 Å². The second-order valence-corrected chi connectivity index (χ2v) is 4.17. The number of aryl methyl sites for hydroxylation is 2. The summed E-state index contributed by atoms with van der Waals surface area (Å²) < 4.78 is 2.24. The minimum Gasteiger partial charge on any atom is -0.348 e. The Kier molecular flexibility index (Phi) is 2.53. The summed E-state index contributed by atoms with van der Waals surface area (Å²) in [5.74, 6) is 0. The van der Waals surface area contributed by atoms with E-state index in [0.29, 0.717) is 6.04 Å². The van der Waals surface area contributed by atoms with Crippen molar-refractivity contribution in [1.82, 2.24) is 9.88 Å². The number of benzene rings is 1. The molecule has 0 aliphatic carbocycles. The maximum atomic E-state index is 3.26. The lowest BCUT2D eigenvalue weighted by molar-refractivity contribution is 0.653. The highest BCUT2D eigenvalue weighted by Crippen LogP contribution is 2.22. The Hall–Kier alpha value is -1.28. The van der Waals surface area contributed by atoms with Crippen molar-refractivity contribution in [2.45, 2.75) is 19.9 Å². The fourth-order valence-electron chi connectivity index (χ4n) is 1.92. The Balaban J connectivity index is 2.59. The first kappa shape index (κ1) is 10.2. The van der Waals surface area contributed by atoms with Crippen LogP contribution >= 0.6 is 0 Å². The zero-order valence-corrected chi connectivity index (χ0v) is 9.83. The highest BCUT2D eigenvalue weighted by Gasteiger charge is 2.06. The van der Waals surface area contributed by atoms with Crippen molar-refractivity contribution in [3.8, 4) is 0 Å². The van der Waals surface area contributed by atoms with E-state index >= 15 is 0 Å². The van der Waals surface area contributed by atoms with E-state index in [1.165, 1.54) is 22.2 Å². The van der Waals surface area contributed by atoms with Crippen LogP contribution in [0.5, 0.6) is 0 Å². The Morgan fingerprint density at radius 3 is 2.67 bits per heavy atom. The number of nitrogens with one attached hydrogen (secondary N) is 1. The molecule has 2 rings (SSSR count). The highest BCUT2D eigenvalue weighted by atomic mass is 14.9. The first-order valence-electron chi connectivity index (χ1n) is 5.36. The molecule has 2 heteroatoms. The summed E-state index contributed by atoms with van der Waals surface area (Å²) >= 11 is 0. The largest absolute Gasteiger partial charge is 0.348 e. The second kappa shape index (κ2) is 3.70. The molecule has 1 unspecified atom stereocenters. The molecule has 0 aliphatic heterocycles. The number of hydrogen-bond acceptors (Lipinski definition) is 1. The van der Waals surface area contributed by atoms with Crippen molar-refractivity contribution < 1.29 is 0 Å². The van der Waals surface area contributed by atoms with Gasteiger partial charge in [0.05, 0.1) is 0 Å². The summed E-state index contributed by atoms with van der Waals surface area (Å²) in [4.78, 5) is 0. The van der Waals surface area contributed by atoms with E-state index in [1.54, 1.807) is 0 Å². The van der Waals surface area contributed by atoms with Crippen molar-refractivity contribution in [2.75, 3.05) is 7.05 Å². The van der Waals surface area contributed by atoms with Gasteiger partial charge in [-0.2, -0.15) is 0 Å². The zero-order chi connectivity index (χ0) is 11.0. The average molecular weight is 202 g/mol. The highest BCUT2D eigenvalue weighted by molar-refractivity contribution is 5.82. The maximum Gasteiger partial charge on any atom is 0.0483 e. The maximum absolute atomic E-state index is 3.26. The molecular weight excluding hydrogens is 184 g/mol. The van der Waals surface area contributed by atoms with Crippen molar-refractivity contribution in [2.24, 2.45) is 7.05 Å². The summed E-state index contributed by atoms with van der Waals surface area (Å²) in [7, 11) is 4.11. The summed E-state index contributed by atoms with van der Waals surface area (Å²) in [6, 6.07) is 9.30. The van der Waals surface area contributed by atoms with E-state index in [1.807, 2.05) is 7.05 Å². The average Bonchev–Trinajstić information content (AvgIpc) is 2.54. The molecule has 0 fully saturated rings. The SMILES string of the molecule is CNC(C)c1ccc2cc(C)n(C)c2c1. The van der Waals surface area contributed by atoms with Gasteiger partial charge in [-0.3, -0.25) is 0 Å². The molecule has 0 saturated carbocycles. The van der Waals surface area contributed by atoms with E-state index < -0.39 is 0 Å². The number of hydrogen-bond donors (Lipinski definition) is 1. The minimum absolute atomic E-state index is 0.407. The fourth-order valence-corrected chi connectivity index (χ4v) is 1.92. The van der Waals surface area contributed by atoms with Gasteiger partial charge in [-0.25, -0.2) is 0 Å². The van der Waals surface area contributed by atoms with E-state index in [4.69, 9.17) is 0 Å². The quantitative estimate of drug-likeness (QED) is 0.792. The van der Waals surface area contributed by atoms with Crippen LogP contribution in [0.3, 0.4) is 0 Å². The van der Waals surface area contributed by atoms with E-state index in [2.05, 4.69) is 55.0 Å². The molecule has 2 aromatic rings. The first-order chi connectivity index (χ1) is 7.13. The van der Waals surface area contributed by atoms with Gasteiger partial charge in [-0.15, -0.1) is 0 Å². The van der Waals surface area contributed by atoms with Crippen molar-refractivity contribution in [3.63, 3.8) is 0 Å². The van der Waals surface area contributed by atoms with Crippen LogP contribution in [-0.4, -0.2) is 11.6 Å². The predicted molar refractivity (Wildman–Crippen MR) is 65.1 cm³/mol. The van der Waals surface area contributed by atoms with Crippen LogP contribution in [0.4, 0.5) is 0 Å². The third-order valence-corrected chi connectivity index (χ3v) is 3.24. The Labute approximate surface area is 90.9 Å². The van der Waals surface area contributed by atoms with Crippen LogP contribution in [0, 0.1) is 6.92 Å². The van der Waals surface area contributed by atoms with Gasteiger partial charge in [-0.05, 0) is 44.0 Å². The molecule has 1 N–H and O–H groups in total. The standard InChI is InChI=1S/C13H18N2/c1-9-7-12-6-5-11(10(2)14-3)8-13(12)15(9)4/h5-8,10,14H,1-4H3. The number of fused-ring (bicyclic) bond motifs is 1. The Bertz CT molecular complexity index is 482. The van der Waals surface area contributed by atoms with Gasteiger partial charge in [0.1, 0.15) is 0 Å². The van der Waals surface area contributed by atoms with Gasteiger partial charge >= 0.3 is 0 Å². The molecule has 0 saturated heterocycles. The lowest BCUT2D eigenvalue weighted by atomic mass is 10.1. The topological polar surface area (TPSA) is 17.0 Å². The van der Waals surface area contributed by atoms with Gasteiger partial charge in [0.25, 0.3) is 0 Å². The molecular formula is C13H18N2.